The monoisotopic (exact) mass is 496 g/mol. The number of ether oxygens (including phenoxy) is 1. The summed E-state index contributed by atoms with van der Waals surface area (Å²) in [7, 11) is 0. The first-order valence-corrected chi connectivity index (χ1v) is 11.5. The number of hydrogen-bond acceptors (Lipinski definition) is 4. The second kappa shape index (κ2) is 10.3. The van der Waals surface area contributed by atoms with Crippen molar-refractivity contribution in [2.24, 2.45) is 0 Å². The number of rotatable bonds is 7. The van der Waals surface area contributed by atoms with E-state index in [1.165, 1.54) is 4.90 Å². The second-order valence-corrected chi connectivity index (χ2v) is 8.65. The molecule has 1 fully saturated rings. The van der Waals surface area contributed by atoms with Crippen LogP contribution in [0.2, 0.25) is 10.0 Å². The summed E-state index contributed by atoms with van der Waals surface area (Å²) < 4.78 is 5.44. The van der Waals surface area contributed by atoms with Gasteiger partial charge in [-0.15, -0.1) is 0 Å². The molecule has 0 N–H and O–H groups in total. The maximum Gasteiger partial charge on any atom is 0.257 e. The molecule has 0 saturated carbocycles. The van der Waals surface area contributed by atoms with Gasteiger partial charge in [0.05, 0.1) is 18.7 Å². The molecule has 1 aliphatic rings. The van der Waals surface area contributed by atoms with Crippen molar-refractivity contribution in [1.82, 2.24) is 4.90 Å². The number of nitrogens with zero attached hydrogens (tertiary/aromatic N) is 2. The molecule has 0 aromatic heterocycles. The quantitative estimate of drug-likeness (QED) is 0.412. The predicted molar refractivity (Wildman–Crippen MR) is 131 cm³/mol. The van der Waals surface area contributed by atoms with E-state index in [0.29, 0.717) is 33.7 Å². The Hall–Kier alpha value is -3.35. The van der Waals surface area contributed by atoms with E-state index in [9.17, 15) is 14.4 Å². The van der Waals surface area contributed by atoms with E-state index in [2.05, 4.69) is 0 Å². The van der Waals surface area contributed by atoms with Crippen LogP contribution in [-0.2, 0) is 16.1 Å². The average molecular weight is 497 g/mol. The van der Waals surface area contributed by atoms with E-state index in [0.717, 1.165) is 10.5 Å². The highest BCUT2D eigenvalue weighted by molar-refractivity contribution is 6.31. The van der Waals surface area contributed by atoms with Gasteiger partial charge in [-0.25, -0.2) is 4.90 Å². The molecule has 1 aliphatic heterocycles. The number of hydrogen-bond donors (Lipinski definition) is 0. The highest BCUT2D eigenvalue weighted by Crippen LogP contribution is 2.29. The third kappa shape index (κ3) is 5.08. The van der Waals surface area contributed by atoms with Crippen LogP contribution < -0.4 is 9.64 Å². The average Bonchev–Trinajstić information content (AvgIpc) is 3.13. The van der Waals surface area contributed by atoms with Crippen LogP contribution in [0.5, 0.6) is 5.75 Å². The summed E-state index contributed by atoms with van der Waals surface area (Å²) in [6, 6.07) is 19.2. The summed E-state index contributed by atoms with van der Waals surface area (Å²) in [5.41, 5.74) is 1.59. The molecule has 8 heteroatoms. The van der Waals surface area contributed by atoms with Crippen LogP contribution in [-0.4, -0.2) is 35.3 Å². The fourth-order valence-corrected chi connectivity index (χ4v) is 4.11. The smallest absolute Gasteiger partial charge is 0.257 e. The van der Waals surface area contributed by atoms with Gasteiger partial charge in [0.25, 0.3) is 11.8 Å². The van der Waals surface area contributed by atoms with Gasteiger partial charge in [0.15, 0.2) is 0 Å². The van der Waals surface area contributed by atoms with E-state index >= 15 is 0 Å². The van der Waals surface area contributed by atoms with E-state index in [4.69, 9.17) is 27.9 Å². The van der Waals surface area contributed by atoms with Crippen LogP contribution in [0.3, 0.4) is 0 Å². The van der Waals surface area contributed by atoms with Crippen molar-refractivity contribution in [1.29, 1.82) is 0 Å². The highest BCUT2D eigenvalue weighted by atomic mass is 35.5. The van der Waals surface area contributed by atoms with Crippen LogP contribution in [0.1, 0.15) is 29.3 Å². The molecule has 3 aromatic rings. The van der Waals surface area contributed by atoms with E-state index in [-0.39, 0.29) is 24.8 Å². The SMILES string of the molecule is CCOc1ccc(N2C(=O)C[C@@H](N(Cc3ccc(Cl)cc3)C(=O)c3ccc(Cl)cc3)C2=O)cc1. The fraction of sp³-hybridized carbons (Fsp3) is 0.192. The Morgan fingerprint density at radius 1 is 0.941 bits per heavy atom. The van der Waals surface area contributed by atoms with Gasteiger partial charge in [0.2, 0.25) is 5.91 Å². The Bertz CT molecular complexity index is 1190. The van der Waals surface area contributed by atoms with Gasteiger partial charge in [-0.2, -0.15) is 0 Å². The Morgan fingerprint density at radius 2 is 1.53 bits per heavy atom. The van der Waals surface area contributed by atoms with Crippen LogP contribution in [0.4, 0.5) is 5.69 Å². The van der Waals surface area contributed by atoms with Gasteiger partial charge in [-0.3, -0.25) is 14.4 Å². The van der Waals surface area contributed by atoms with Gasteiger partial charge < -0.3 is 9.64 Å². The van der Waals surface area contributed by atoms with Gasteiger partial charge >= 0.3 is 0 Å². The number of carbonyl (C=O) groups excluding carboxylic acids is 3. The Morgan fingerprint density at radius 3 is 2.12 bits per heavy atom. The lowest BCUT2D eigenvalue weighted by Crippen LogP contribution is -2.45. The maximum atomic E-state index is 13.5. The van der Waals surface area contributed by atoms with Crippen molar-refractivity contribution in [2.75, 3.05) is 11.5 Å². The molecule has 6 nitrogen and oxygen atoms in total. The highest BCUT2D eigenvalue weighted by Gasteiger charge is 2.44. The van der Waals surface area contributed by atoms with Crippen molar-refractivity contribution in [3.05, 3.63) is 94.0 Å². The summed E-state index contributed by atoms with van der Waals surface area (Å²) >= 11 is 12.0. The van der Waals surface area contributed by atoms with E-state index in [1.807, 2.05) is 6.92 Å². The maximum absolute atomic E-state index is 13.5. The van der Waals surface area contributed by atoms with Crippen LogP contribution in [0, 0.1) is 0 Å². The lowest BCUT2D eigenvalue weighted by molar-refractivity contribution is -0.122. The number of amides is 3. The number of benzene rings is 3. The molecule has 1 atom stereocenters. The molecule has 0 radical (unpaired) electrons. The van der Waals surface area contributed by atoms with Crippen molar-refractivity contribution >= 4 is 46.6 Å². The number of carbonyl (C=O) groups is 3. The number of halogens is 2. The number of anilines is 1. The van der Waals surface area contributed by atoms with Crippen molar-refractivity contribution < 1.29 is 19.1 Å². The van der Waals surface area contributed by atoms with Crippen molar-refractivity contribution in [3.8, 4) is 5.75 Å². The number of imide groups is 1. The van der Waals surface area contributed by atoms with Crippen molar-refractivity contribution in [3.63, 3.8) is 0 Å². The Kier molecular flexibility index (Phi) is 7.20. The first kappa shape index (κ1) is 23.8. The molecule has 0 aliphatic carbocycles. The standard InChI is InChI=1S/C26H22Cl2N2O4/c1-2-34-22-13-11-21(12-14-22)30-24(31)15-23(26(30)33)29(16-17-3-7-19(27)8-4-17)25(32)18-5-9-20(28)10-6-18/h3-14,23H,2,15-16H2,1H3/t23-/m1/s1. The van der Waals surface area contributed by atoms with Crippen LogP contribution >= 0.6 is 23.2 Å². The Labute approximate surface area is 207 Å². The zero-order valence-electron chi connectivity index (χ0n) is 18.4. The van der Waals surface area contributed by atoms with Gasteiger partial charge in [-0.05, 0) is 73.2 Å². The lowest BCUT2D eigenvalue weighted by atomic mass is 10.1. The molecule has 1 saturated heterocycles. The largest absolute Gasteiger partial charge is 0.494 e. The molecule has 1 heterocycles. The molecule has 0 unspecified atom stereocenters. The zero-order valence-corrected chi connectivity index (χ0v) is 19.9. The lowest BCUT2D eigenvalue weighted by Gasteiger charge is -2.28. The van der Waals surface area contributed by atoms with Gasteiger partial charge in [0, 0.05) is 22.2 Å². The summed E-state index contributed by atoms with van der Waals surface area (Å²) in [4.78, 5) is 42.4. The van der Waals surface area contributed by atoms with E-state index in [1.54, 1.807) is 72.8 Å². The van der Waals surface area contributed by atoms with Gasteiger partial charge in [-0.1, -0.05) is 35.3 Å². The molecule has 0 spiro atoms. The van der Waals surface area contributed by atoms with Crippen LogP contribution in [0.25, 0.3) is 0 Å². The molecule has 3 amide bonds. The summed E-state index contributed by atoms with van der Waals surface area (Å²) in [6.45, 7) is 2.52. The first-order chi connectivity index (χ1) is 16.4. The van der Waals surface area contributed by atoms with Crippen LogP contribution in [0.15, 0.2) is 72.8 Å². The second-order valence-electron chi connectivity index (χ2n) is 7.78. The molecule has 3 aromatic carbocycles. The first-order valence-electron chi connectivity index (χ1n) is 10.8. The topological polar surface area (TPSA) is 66.9 Å². The minimum absolute atomic E-state index is 0.112. The molecular weight excluding hydrogens is 475 g/mol. The van der Waals surface area contributed by atoms with Gasteiger partial charge in [0.1, 0.15) is 11.8 Å². The predicted octanol–water partition coefficient (Wildman–Crippen LogP) is 5.37. The normalized spacial score (nSPS) is 15.5. The summed E-state index contributed by atoms with van der Waals surface area (Å²) in [5.74, 6) is -0.551. The fourth-order valence-electron chi connectivity index (χ4n) is 3.86. The van der Waals surface area contributed by atoms with E-state index < -0.39 is 11.9 Å². The summed E-state index contributed by atoms with van der Waals surface area (Å²) in [6.07, 6.45) is -0.112. The zero-order chi connectivity index (χ0) is 24.2. The molecule has 34 heavy (non-hydrogen) atoms. The molecule has 174 valence electrons. The Balaban J connectivity index is 1.65. The third-order valence-corrected chi connectivity index (χ3v) is 6.03. The molecule has 0 bridgehead atoms. The molecule has 4 rings (SSSR count). The van der Waals surface area contributed by atoms with Crippen molar-refractivity contribution in [2.45, 2.75) is 25.9 Å². The summed E-state index contributed by atoms with van der Waals surface area (Å²) in [5, 5.41) is 1.06. The minimum atomic E-state index is -0.946. The third-order valence-electron chi connectivity index (χ3n) is 5.52. The molecular formula is C26H22Cl2N2O4. The minimum Gasteiger partial charge on any atom is -0.494 e.